The average Bonchev–Trinajstić information content (AvgIpc) is 2.49. The zero-order chi connectivity index (χ0) is 15.3. The third kappa shape index (κ3) is 8.53. The minimum absolute atomic E-state index is 0.918. The van der Waals surface area contributed by atoms with Crippen LogP contribution in [0.3, 0.4) is 0 Å². The van der Waals surface area contributed by atoms with Crippen LogP contribution in [0.25, 0.3) is 0 Å². The maximum atomic E-state index is 12.3. The first-order chi connectivity index (χ1) is 10.3. The van der Waals surface area contributed by atoms with Crippen LogP contribution in [0.2, 0.25) is 5.32 Å². The fourth-order valence-corrected chi connectivity index (χ4v) is 5.46. The van der Waals surface area contributed by atoms with Crippen molar-refractivity contribution in [3.05, 3.63) is 29.8 Å². The molecule has 1 aromatic carbocycles. The van der Waals surface area contributed by atoms with E-state index in [1.54, 1.807) is 0 Å². The Morgan fingerprint density at radius 2 is 1.33 bits per heavy atom. The van der Waals surface area contributed by atoms with E-state index in [2.05, 4.69) is 19.9 Å². The Kier molecular flexibility index (Phi) is 10.7. The Balaban J connectivity index is 1.99. The maximum absolute atomic E-state index is 12.3. The summed E-state index contributed by atoms with van der Waals surface area (Å²) in [5.41, 5.74) is 1.20. The van der Waals surface area contributed by atoms with Gasteiger partial charge in [-0.05, 0) is 0 Å². The van der Waals surface area contributed by atoms with Crippen molar-refractivity contribution in [1.82, 2.24) is 0 Å². The number of hydrogen-bond acceptors (Lipinski definition) is 1. The van der Waals surface area contributed by atoms with Crippen molar-refractivity contribution < 1.29 is 3.83 Å². The van der Waals surface area contributed by atoms with Crippen LogP contribution in [0.15, 0.2) is 24.3 Å². The van der Waals surface area contributed by atoms with Gasteiger partial charge in [-0.1, -0.05) is 0 Å². The fourth-order valence-electron chi connectivity index (χ4n) is 2.64. The van der Waals surface area contributed by atoms with Gasteiger partial charge in [-0.3, -0.25) is 0 Å². The molecule has 0 N–H and O–H groups in total. The molecule has 0 aliphatic rings. The van der Waals surface area contributed by atoms with Crippen molar-refractivity contribution in [2.45, 2.75) is 83.4 Å². The Labute approximate surface area is 135 Å². The molecule has 21 heavy (non-hydrogen) atoms. The van der Waals surface area contributed by atoms with E-state index in [9.17, 15) is 3.83 Å². The fraction of sp³-hybridized carbons (Fsp3) is 0.684. The number of benzene rings is 1. The molecule has 0 aliphatic heterocycles. The van der Waals surface area contributed by atoms with Crippen LogP contribution >= 0.6 is 0 Å². The van der Waals surface area contributed by atoms with E-state index in [1.165, 1.54) is 63.4 Å². The summed E-state index contributed by atoms with van der Waals surface area (Å²) >= 11 is -1.79. The van der Waals surface area contributed by atoms with E-state index < -0.39 is 13.8 Å². The van der Waals surface area contributed by atoms with E-state index >= 15 is 0 Å². The van der Waals surface area contributed by atoms with Crippen LogP contribution in [-0.2, 0) is 3.83 Å². The zero-order valence-corrected chi connectivity index (χ0v) is 15.6. The molecule has 1 unspecified atom stereocenters. The van der Waals surface area contributed by atoms with Crippen molar-refractivity contribution >= 4 is 18.3 Å². The number of hydrogen-bond donors (Lipinski definition) is 0. The molecule has 0 heterocycles. The predicted molar refractivity (Wildman–Crippen MR) is 93.9 cm³/mol. The van der Waals surface area contributed by atoms with Crippen LogP contribution in [0.5, 0.6) is 0 Å². The van der Waals surface area contributed by atoms with Gasteiger partial charge in [-0.2, -0.15) is 0 Å². The van der Waals surface area contributed by atoms with Crippen LogP contribution in [-0.4, -0.2) is 13.8 Å². The van der Waals surface area contributed by atoms with Gasteiger partial charge in [0.15, 0.2) is 0 Å². The molecule has 1 nitrogen and oxygen atoms in total. The Bertz CT molecular complexity index is 400. The summed E-state index contributed by atoms with van der Waals surface area (Å²) < 4.78 is 13.4. The molecule has 0 saturated carbocycles. The predicted octanol–water partition coefficient (Wildman–Crippen LogP) is 5.54. The molecular weight excluding hydrogens is 323 g/mol. The zero-order valence-electron chi connectivity index (χ0n) is 13.9. The molecule has 0 saturated heterocycles. The summed E-state index contributed by atoms with van der Waals surface area (Å²) in [6, 6.07) is 8.15. The third-order valence-electron chi connectivity index (χ3n) is 4.02. The molecule has 0 aromatic heterocycles. The van der Waals surface area contributed by atoms with Crippen molar-refractivity contribution in [2.24, 2.45) is 0 Å². The monoisotopic (exact) mass is 356 g/mol. The van der Waals surface area contributed by atoms with Crippen LogP contribution in [0.4, 0.5) is 0 Å². The molecule has 1 atom stereocenters. The summed E-state index contributed by atoms with van der Waals surface area (Å²) in [7, 11) is 0. The topological polar surface area (TPSA) is 17.1 Å². The summed E-state index contributed by atoms with van der Waals surface area (Å²) in [6.45, 7) is 4.34. The second kappa shape index (κ2) is 12.1. The summed E-state index contributed by atoms with van der Waals surface area (Å²) in [6.07, 6.45) is 13.4. The minimum atomic E-state index is -1.79. The molecule has 0 fully saturated rings. The second-order valence-electron chi connectivity index (χ2n) is 6.00. The Morgan fingerprint density at radius 1 is 0.810 bits per heavy atom. The van der Waals surface area contributed by atoms with Gasteiger partial charge in [0.1, 0.15) is 0 Å². The van der Waals surface area contributed by atoms with E-state index in [0.29, 0.717) is 0 Å². The van der Waals surface area contributed by atoms with Gasteiger partial charge in [0.2, 0.25) is 0 Å². The molecule has 2 heteroatoms. The molecule has 1 aromatic rings. The Morgan fingerprint density at radius 3 is 1.90 bits per heavy atom. The first-order valence-corrected chi connectivity index (χ1v) is 11.5. The molecule has 0 amide bonds. The molecular formula is C19H32OSe. The van der Waals surface area contributed by atoms with Crippen LogP contribution in [0, 0.1) is 6.92 Å². The van der Waals surface area contributed by atoms with Gasteiger partial charge in [0, 0.05) is 0 Å². The van der Waals surface area contributed by atoms with E-state index in [4.69, 9.17) is 0 Å². The van der Waals surface area contributed by atoms with Crippen molar-refractivity contribution in [3.63, 3.8) is 0 Å². The van der Waals surface area contributed by atoms with Crippen molar-refractivity contribution in [2.75, 3.05) is 0 Å². The van der Waals surface area contributed by atoms with Crippen LogP contribution in [0.1, 0.15) is 76.7 Å². The normalized spacial score (nSPS) is 12.5. The van der Waals surface area contributed by atoms with Gasteiger partial charge >= 0.3 is 135 Å². The number of unbranched alkanes of at least 4 members (excludes halogenated alkanes) is 9. The SMILES string of the molecule is CCCCCCCCCCCC[Se](=O)c1ccccc1C. The third-order valence-corrected chi connectivity index (χ3v) is 7.40. The molecule has 0 radical (unpaired) electrons. The van der Waals surface area contributed by atoms with Gasteiger partial charge in [-0.15, -0.1) is 0 Å². The Hall–Kier alpha value is -0.461. The quantitative estimate of drug-likeness (QED) is 0.355. The van der Waals surface area contributed by atoms with Gasteiger partial charge in [0.25, 0.3) is 0 Å². The van der Waals surface area contributed by atoms with Crippen molar-refractivity contribution in [1.29, 1.82) is 0 Å². The van der Waals surface area contributed by atoms with Gasteiger partial charge in [-0.25, -0.2) is 0 Å². The molecule has 0 aliphatic carbocycles. The molecule has 0 bridgehead atoms. The summed E-state index contributed by atoms with van der Waals surface area (Å²) in [4.78, 5) is 0. The van der Waals surface area contributed by atoms with Crippen LogP contribution < -0.4 is 4.46 Å². The number of aryl methyl sites for hydroxylation is 1. The standard InChI is InChI=1S/C19H32OSe/c1-3-4-5-6-7-8-9-10-11-14-17-21(20)19-16-13-12-15-18(19)2/h12-13,15-16H,3-11,14,17H2,1-2H3. The number of rotatable bonds is 12. The summed E-state index contributed by atoms with van der Waals surface area (Å²) in [5.74, 6) is 0. The molecule has 120 valence electrons. The average molecular weight is 355 g/mol. The van der Waals surface area contributed by atoms with E-state index in [-0.39, 0.29) is 0 Å². The van der Waals surface area contributed by atoms with E-state index in [0.717, 1.165) is 16.2 Å². The van der Waals surface area contributed by atoms with Gasteiger partial charge in [0.05, 0.1) is 0 Å². The van der Waals surface area contributed by atoms with Gasteiger partial charge < -0.3 is 0 Å². The first-order valence-electron chi connectivity index (χ1n) is 8.69. The van der Waals surface area contributed by atoms with Crippen molar-refractivity contribution in [3.8, 4) is 0 Å². The summed E-state index contributed by atoms with van der Waals surface area (Å²) in [5, 5.41) is 0.918. The molecule has 1 rings (SSSR count). The second-order valence-corrected chi connectivity index (χ2v) is 9.23. The van der Waals surface area contributed by atoms with E-state index in [1.807, 2.05) is 18.2 Å². The molecule has 0 spiro atoms. The first kappa shape index (κ1) is 18.6.